The number of hydrogen-bond acceptors (Lipinski definition) is 3. The van der Waals surface area contributed by atoms with E-state index in [0.717, 1.165) is 11.3 Å². The molecular weight excluding hydrogens is 164 g/mol. The van der Waals surface area contributed by atoms with Crippen LogP contribution in [0.25, 0.3) is 11.3 Å². The Labute approximate surface area is 74.9 Å². The molecule has 0 aliphatic heterocycles. The number of nitrogens with zero attached hydrogens (tertiary/aromatic N) is 3. The number of nitriles is 1. The first kappa shape index (κ1) is 7.50. The van der Waals surface area contributed by atoms with Crippen molar-refractivity contribution in [1.29, 1.82) is 5.26 Å². The number of aromatic amines is 1. The van der Waals surface area contributed by atoms with E-state index in [2.05, 4.69) is 15.2 Å². The minimum Gasteiger partial charge on any atom is -0.285 e. The van der Waals surface area contributed by atoms with E-state index in [1.807, 2.05) is 12.1 Å². The molecule has 0 saturated heterocycles. The molecule has 1 N–H and O–H groups in total. The molecule has 13 heavy (non-hydrogen) atoms. The monoisotopic (exact) mass is 170 g/mol. The van der Waals surface area contributed by atoms with Gasteiger partial charge in [-0.25, -0.2) is 4.98 Å². The first-order valence-electron chi connectivity index (χ1n) is 3.76. The Bertz CT molecular complexity index is 439. The molecular formula is C9H6N4. The minimum atomic E-state index is 0.415. The van der Waals surface area contributed by atoms with Crippen LogP contribution < -0.4 is 0 Å². The molecule has 0 spiro atoms. The normalized spacial score (nSPS) is 9.46. The van der Waals surface area contributed by atoms with Crippen LogP contribution in [0, 0.1) is 11.3 Å². The number of H-pyrrole nitrogens is 1. The van der Waals surface area contributed by atoms with Crippen LogP contribution >= 0.6 is 0 Å². The zero-order valence-electron chi connectivity index (χ0n) is 6.73. The number of hydrogen-bond donors (Lipinski definition) is 1. The number of pyridine rings is 1. The quantitative estimate of drug-likeness (QED) is 0.702. The summed E-state index contributed by atoms with van der Waals surface area (Å²) in [5, 5.41) is 15.1. The number of nitrogens with one attached hydrogen (secondary N) is 1. The standard InChI is InChI=1S/C9H6N4/c10-4-8-2-1-3-9(13-8)7-5-11-12-6-7/h1-3,5-6H,(H,11,12). The predicted octanol–water partition coefficient (Wildman–Crippen LogP) is 1.34. The number of aromatic nitrogens is 3. The molecule has 2 rings (SSSR count). The van der Waals surface area contributed by atoms with Crippen molar-refractivity contribution in [3.63, 3.8) is 0 Å². The largest absolute Gasteiger partial charge is 0.285 e. The molecule has 0 aromatic carbocycles. The summed E-state index contributed by atoms with van der Waals surface area (Å²) in [6.45, 7) is 0. The van der Waals surface area contributed by atoms with Gasteiger partial charge in [-0.1, -0.05) is 6.07 Å². The van der Waals surface area contributed by atoms with E-state index in [1.165, 1.54) is 0 Å². The van der Waals surface area contributed by atoms with Gasteiger partial charge in [0, 0.05) is 11.8 Å². The Kier molecular flexibility index (Phi) is 1.77. The second-order valence-corrected chi connectivity index (χ2v) is 2.51. The van der Waals surface area contributed by atoms with Gasteiger partial charge in [-0.15, -0.1) is 0 Å². The van der Waals surface area contributed by atoms with Crippen molar-refractivity contribution >= 4 is 0 Å². The third kappa shape index (κ3) is 1.40. The maximum absolute atomic E-state index is 8.62. The van der Waals surface area contributed by atoms with E-state index in [4.69, 9.17) is 5.26 Å². The molecule has 62 valence electrons. The fourth-order valence-electron chi connectivity index (χ4n) is 1.05. The van der Waals surface area contributed by atoms with Gasteiger partial charge in [-0.3, -0.25) is 5.10 Å². The second kappa shape index (κ2) is 3.07. The molecule has 0 saturated carbocycles. The van der Waals surface area contributed by atoms with E-state index < -0.39 is 0 Å². The Hall–Kier alpha value is -2.15. The maximum atomic E-state index is 8.62. The maximum Gasteiger partial charge on any atom is 0.141 e. The molecule has 2 aromatic heterocycles. The SMILES string of the molecule is N#Cc1cccc(-c2cn[nH]c2)n1. The van der Waals surface area contributed by atoms with Crippen LogP contribution in [0.1, 0.15) is 5.69 Å². The zero-order valence-corrected chi connectivity index (χ0v) is 6.73. The molecule has 4 nitrogen and oxygen atoms in total. The van der Waals surface area contributed by atoms with Gasteiger partial charge in [0.25, 0.3) is 0 Å². The van der Waals surface area contributed by atoms with Gasteiger partial charge in [-0.2, -0.15) is 10.4 Å². The van der Waals surface area contributed by atoms with Crippen molar-refractivity contribution in [1.82, 2.24) is 15.2 Å². The van der Waals surface area contributed by atoms with Crippen LogP contribution in [0.4, 0.5) is 0 Å². The van der Waals surface area contributed by atoms with Crippen molar-refractivity contribution in [2.24, 2.45) is 0 Å². The predicted molar refractivity (Wildman–Crippen MR) is 46.5 cm³/mol. The molecule has 2 aromatic rings. The lowest BCUT2D eigenvalue weighted by Crippen LogP contribution is -1.84. The minimum absolute atomic E-state index is 0.415. The first-order valence-corrected chi connectivity index (χ1v) is 3.76. The van der Waals surface area contributed by atoms with Gasteiger partial charge in [0.15, 0.2) is 0 Å². The van der Waals surface area contributed by atoms with Gasteiger partial charge in [-0.05, 0) is 12.1 Å². The summed E-state index contributed by atoms with van der Waals surface area (Å²) in [5.74, 6) is 0. The van der Waals surface area contributed by atoms with Crippen LogP contribution in [0.5, 0.6) is 0 Å². The topological polar surface area (TPSA) is 65.4 Å². The second-order valence-electron chi connectivity index (χ2n) is 2.51. The van der Waals surface area contributed by atoms with Crippen molar-refractivity contribution < 1.29 is 0 Å². The molecule has 2 heterocycles. The van der Waals surface area contributed by atoms with Crippen molar-refractivity contribution in [3.05, 3.63) is 36.3 Å². The highest BCUT2D eigenvalue weighted by Crippen LogP contribution is 2.14. The van der Waals surface area contributed by atoms with Crippen molar-refractivity contribution in [2.75, 3.05) is 0 Å². The van der Waals surface area contributed by atoms with Gasteiger partial charge in [0.2, 0.25) is 0 Å². The highest BCUT2D eigenvalue weighted by molar-refractivity contribution is 5.57. The Morgan fingerprint density at radius 1 is 1.38 bits per heavy atom. The third-order valence-corrected chi connectivity index (χ3v) is 1.66. The number of rotatable bonds is 1. The summed E-state index contributed by atoms with van der Waals surface area (Å²) < 4.78 is 0. The average molecular weight is 170 g/mol. The zero-order chi connectivity index (χ0) is 9.10. The van der Waals surface area contributed by atoms with E-state index in [-0.39, 0.29) is 0 Å². The molecule has 0 atom stereocenters. The van der Waals surface area contributed by atoms with E-state index in [9.17, 15) is 0 Å². The summed E-state index contributed by atoms with van der Waals surface area (Å²) >= 11 is 0. The lowest BCUT2D eigenvalue weighted by atomic mass is 10.2. The molecule has 0 aliphatic carbocycles. The van der Waals surface area contributed by atoms with Gasteiger partial charge < -0.3 is 0 Å². The first-order chi connectivity index (χ1) is 6.40. The van der Waals surface area contributed by atoms with Crippen LogP contribution in [-0.2, 0) is 0 Å². The van der Waals surface area contributed by atoms with E-state index >= 15 is 0 Å². The van der Waals surface area contributed by atoms with Crippen molar-refractivity contribution in [3.8, 4) is 17.3 Å². The smallest absolute Gasteiger partial charge is 0.141 e. The Balaban J connectivity index is 2.49. The fourth-order valence-corrected chi connectivity index (χ4v) is 1.05. The molecule has 4 heteroatoms. The Morgan fingerprint density at radius 3 is 3.00 bits per heavy atom. The summed E-state index contributed by atoms with van der Waals surface area (Å²) in [6.07, 6.45) is 3.41. The average Bonchev–Trinajstić information content (AvgIpc) is 2.71. The highest BCUT2D eigenvalue weighted by Gasteiger charge is 2.00. The van der Waals surface area contributed by atoms with Crippen LogP contribution in [0.3, 0.4) is 0 Å². The summed E-state index contributed by atoms with van der Waals surface area (Å²) in [4.78, 5) is 4.11. The molecule has 0 fully saturated rings. The lowest BCUT2D eigenvalue weighted by Gasteiger charge is -1.94. The van der Waals surface area contributed by atoms with Crippen LogP contribution in [-0.4, -0.2) is 15.2 Å². The molecule has 0 bridgehead atoms. The van der Waals surface area contributed by atoms with Gasteiger partial charge in [0.1, 0.15) is 11.8 Å². The molecule has 0 radical (unpaired) electrons. The summed E-state index contributed by atoms with van der Waals surface area (Å²) in [6, 6.07) is 7.30. The molecule has 0 aliphatic rings. The Morgan fingerprint density at radius 2 is 2.31 bits per heavy atom. The van der Waals surface area contributed by atoms with Crippen molar-refractivity contribution in [2.45, 2.75) is 0 Å². The van der Waals surface area contributed by atoms with E-state index in [1.54, 1.807) is 24.5 Å². The van der Waals surface area contributed by atoms with Crippen LogP contribution in [0.2, 0.25) is 0 Å². The lowest BCUT2D eigenvalue weighted by molar-refractivity contribution is 1.09. The van der Waals surface area contributed by atoms with E-state index in [0.29, 0.717) is 5.69 Å². The summed E-state index contributed by atoms with van der Waals surface area (Å²) in [5.41, 5.74) is 2.06. The molecule has 0 amide bonds. The molecule has 0 unspecified atom stereocenters. The van der Waals surface area contributed by atoms with Gasteiger partial charge >= 0.3 is 0 Å². The highest BCUT2D eigenvalue weighted by atomic mass is 15.1. The van der Waals surface area contributed by atoms with Gasteiger partial charge in [0.05, 0.1) is 11.9 Å². The summed E-state index contributed by atoms with van der Waals surface area (Å²) in [7, 11) is 0. The fraction of sp³-hybridized carbons (Fsp3) is 0. The van der Waals surface area contributed by atoms with Crippen LogP contribution in [0.15, 0.2) is 30.6 Å². The third-order valence-electron chi connectivity index (χ3n) is 1.66.